The van der Waals surface area contributed by atoms with E-state index in [9.17, 15) is 4.79 Å². The maximum absolute atomic E-state index is 12.4. The van der Waals surface area contributed by atoms with Crippen LogP contribution in [0.4, 0.5) is 0 Å². The van der Waals surface area contributed by atoms with Crippen LogP contribution in [0, 0.1) is 0 Å². The SMILES string of the molecule is C[C@@H]1CN(C2CCOCC2)CCN1C(=O)COCc1ccccc1. The molecule has 0 aromatic heterocycles. The molecule has 2 fully saturated rings. The van der Waals surface area contributed by atoms with Gasteiger partial charge in [0.05, 0.1) is 6.61 Å². The van der Waals surface area contributed by atoms with Gasteiger partial charge in [0.1, 0.15) is 6.61 Å². The van der Waals surface area contributed by atoms with Crippen molar-refractivity contribution in [3.8, 4) is 0 Å². The van der Waals surface area contributed by atoms with E-state index in [4.69, 9.17) is 9.47 Å². The molecule has 2 saturated heterocycles. The second-order valence-electron chi connectivity index (χ2n) is 6.75. The van der Waals surface area contributed by atoms with Gasteiger partial charge < -0.3 is 14.4 Å². The van der Waals surface area contributed by atoms with Crippen LogP contribution in [0.5, 0.6) is 0 Å². The number of carbonyl (C=O) groups is 1. The molecule has 2 heterocycles. The minimum Gasteiger partial charge on any atom is -0.381 e. The fourth-order valence-electron chi connectivity index (χ4n) is 3.65. The number of piperazine rings is 1. The third-order valence-corrected chi connectivity index (χ3v) is 5.02. The van der Waals surface area contributed by atoms with Crippen LogP contribution < -0.4 is 0 Å². The Hall–Kier alpha value is -1.43. The average Bonchev–Trinajstić information content (AvgIpc) is 2.63. The number of hydrogen-bond acceptors (Lipinski definition) is 4. The van der Waals surface area contributed by atoms with Crippen molar-refractivity contribution in [2.75, 3.05) is 39.5 Å². The van der Waals surface area contributed by atoms with Crippen molar-refractivity contribution in [2.24, 2.45) is 0 Å². The van der Waals surface area contributed by atoms with Gasteiger partial charge in [-0.25, -0.2) is 0 Å². The first-order valence-corrected chi connectivity index (χ1v) is 8.97. The molecule has 0 bridgehead atoms. The highest BCUT2D eigenvalue weighted by atomic mass is 16.5. The van der Waals surface area contributed by atoms with E-state index in [1.165, 1.54) is 0 Å². The van der Waals surface area contributed by atoms with E-state index >= 15 is 0 Å². The zero-order valence-electron chi connectivity index (χ0n) is 14.5. The van der Waals surface area contributed by atoms with Crippen LogP contribution in [-0.2, 0) is 20.9 Å². The van der Waals surface area contributed by atoms with E-state index in [1.807, 2.05) is 35.2 Å². The van der Waals surface area contributed by atoms with Crippen LogP contribution >= 0.6 is 0 Å². The summed E-state index contributed by atoms with van der Waals surface area (Å²) < 4.78 is 11.1. The zero-order valence-corrected chi connectivity index (χ0v) is 14.5. The normalized spacial score (nSPS) is 23.4. The molecule has 0 N–H and O–H groups in total. The lowest BCUT2D eigenvalue weighted by Gasteiger charge is -2.44. The van der Waals surface area contributed by atoms with Gasteiger partial charge in [0.15, 0.2) is 0 Å². The molecule has 1 amide bonds. The number of ether oxygens (including phenoxy) is 2. The van der Waals surface area contributed by atoms with E-state index in [0.29, 0.717) is 12.6 Å². The Morgan fingerprint density at radius 1 is 1.21 bits per heavy atom. The van der Waals surface area contributed by atoms with Gasteiger partial charge in [0.2, 0.25) is 5.91 Å². The molecule has 3 rings (SSSR count). The van der Waals surface area contributed by atoms with E-state index < -0.39 is 0 Å². The predicted octanol–water partition coefficient (Wildman–Crippen LogP) is 1.91. The standard InChI is InChI=1S/C19H28N2O3/c1-16-13-20(18-7-11-23-12-8-18)9-10-21(16)19(22)15-24-14-17-5-3-2-4-6-17/h2-6,16,18H,7-15H2,1H3/t16-/m1/s1. The Balaban J connectivity index is 1.42. The maximum atomic E-state index is 12.4. The highest BCUT2D eigenvalue weighted by Crippen LogP contribution is 2.19. The van der Waals surface area contributed by atoms with Gasteiger partial charge in [-0.3, -0.25) is 9.69 Å². The van der Waals surface area contributed by atoms with Crippen molar-refractivity contribution in [3.05, 3.63) is 35.9 Å². The molecular weight excluding hydrogens is 304 g/mol. The summed E-state index contributed by atoms with van der Waals surface area (Å²) in [6, 6.07) is 10.8. The van der Waals surface area contributed by atoms with Gasteiger partial charge in [-0.05, 0) is 25.3 Å². The second-order valence-corrected chi connectivity index (χ2v) is 6.75. The second kappa shape index (κ2) is 8.60. The molecule has 0 aliphatic carbocycles. The molecule has 5 nitrogen and oxygen atoms in total. The van der Waals surface area contributed by atoms with Crippen molar-refractivity contribution in [3.63, 3.8) is 0 Å². The summed E-state index contributed by atoms with van der Waals surface area (Å²) >= 11 is 0. The number of carbonyl (C=O) groups excluding carboxylic acids is 1. The van der Waals surface area contributed by atoms with Gasteiger partial charge in [-0.15, -0.1) is 0 Å². The summed E-state index contributed by atoms with van der Waals surface area (Å²) in [7, 11) is 0. The first-order valence-electron chi connectivity index (χ1n) is 8.97. The van der Waals surface area contributed by atoms with Crippen LogP contribution in [0.25, 0.3) is 0 Å². The quantitative estimate of drug-likeness (QED) is 0.826. The average molecular weight is 332 g/mol. The van der Waals surface area contributed by atoms with E-state index in [2.05, 4.69) is 11.8 Å². The molecule has 0 spiro atoms. The van der Waals surface area contributed by atoms with Crippen LogP contribution in [-0.4, -0.2) is 67.2 Å². The molecular formula is C19H28N2O3. The third-order valence-electron chi connectivity index (χ3n) is 5.02. The lowest BCUT2D eigenvalue weighted by atomic mass is 10.0. The van der Waals surface area contributed by atoms with Crippen molar-refractivity contribution >= 4 is 5.91 Å². The third kappa shape index (κ3) is 4.56. The molecule has 1 aromatic carbocycles. The van der Waals surface area contributed by atoms with Gasteiger partial charge in [-0.2, -0.15) is 0 Å². The largest absolute Gasteiger partial charge is 0.381 e. The zero-order chi connectivity index (χ0) is 16.8. The van der Waals surface area contributed by atoms with E-state index in [0.717, 1.165) is 51.3 Å². The summed E-state index contributed by atoms with van der Waals surface area (Å²) in [6.45, 7) is 7.23. The summed E-state index contributed by atoms with van der Waals surface area (Å²) in [6.07, 6.45) is 2.22. The summed E-state index contributed by atoms with van der Waals surface area (Å²) in [5.74, 6) is 0.102. The van der Waals surface area contributed by atoms with Crippen molar-refractivity contribution < 1.29 is 14.3 Å². The molecule has 0 radical (unpaired) electrons. The molecule has 2 aliphatic rings. The summed E-state index contributed by atoms with van der Waals surface area (Å²) in [4.78, 5) is 16.9. The van der Waals surface area contributed by atoms with Crippen LogP contribution in [0.2, 0.25) is 0 Å². The molecule has 0 unspecified atom stereocenters. The summed E-state index contributed by atoms with van der Waals surface area (Å²) in [5.41, 5.74) is 1.10. The number of nitrogens with zero attached hydrogens (tertiary/aromatic N) is 2. The molecule has 132 valence electrons. The number of amides is 1. The first kappa shape index (κ1) is 17.4. The fourth-order valence-corrected chi connectivity index (χ4v) is 3.65. The van der Waals surface area contributed by atoms with Crippen LogP contribution in [0.1, 0.15) is 25.3 Å². The monoisotopic (exact) mass is 332 g/mol. The minimum atomic E-state index is 0.102. The van der Waals surface area contributed by atoms with E-state index in [1.54, 1.807) is 0 Å². The highest BCUT2D eigenvalue weighted by Gasteiger charge is 2.31. The molecule has 1 atom stereocenters. The smallest absolute Gasteiger partial charge is 0.248 e. The lowest BCUT2D eigenvalue weighted by Crippen LogP contribution is -2.57. The van der Waals surface area contributed by atoms with Gasteiger partial charge in [-0.1, -0.05) is 30.3 Å². The highest BCUT2D eigenvalue weighted by molar-refractivity contribution is 5.77. The van der Waals surface area contributed by atoms with E-state index in [-0.39, 0.29) is 18.6 Å². The predicted molar refractivity (Wildman–Crippen MR) is 92.7 cm³/mol. The maximum Gasteiger partial charge on any atom is 0.248 e. The van der Waals surface area contributed by atoms with Gasteiger partial charge in [0, 0.05) is 44.9 Å². The molecule has 5 heteroatoms. The first-order chi connectivity index (χ1) is 11.7. The summed E-state index contributed by atoms with van der Waals surface area (Å²) in [5, 5.41) is 0. The Bertz CT molecular complexity index is 517. The van der Waals surface area contributed by atoms with Crippen molar-refractivity contribution in [1.29, 1.82) is 0 Å². The molecule has 1 aromatic rings. The minimum absolute atomic E-state index is 0.102. The molecule has 2 aliphatic heterocycles. The Morgan fingerprint density at radius 2 is 1.96 bits per heavy atom. The lowest BCUT2D eigenvalue weighted by molar-refractivity contribution is -0.142. The Labute approximate surface area is 144 Å². The van der Waals surface area contributed by atoms with Crippen molar-refractivity contribution in [2.45, 2.75) is 38.5 Å². The number of rotatable bonds is 5. The Kier molecular flexibility index (Phi) is 6.24. The fraction of sp³-hybridized carbons (Fsp3) is 0.632. The van der Waals surface area contributed by atoms with Crippen LogP contribution in [0.15, 0.2) is 30.3 Å². The van der Waals surface area contributed by atoms with Crippen molar-refractivity contribution in [1.82, 2.24) is 9.80 Å². The number of hydrogen-bond donors (Lipinski definition) is 0. The van der Waals surface area contributed by atoms with Gasteiger partial charge >= 0.3 is 0 Å². The Morgan fingerprint density at radius 3 is 2.67 bits per heavy atom. The van der Waals surface area contributed by atoms with Gasteiger partial charge in [0.25, 0.3) is 0 Å². The molecule has 24 heavy (non-hydrogen) atoms. The molecule has 0 saturated carbocycles. The number of benzene rings is 1. The van der Waals surface area contributed by atoms with Crippen LogP contribution in [0.3, 0.4) is 0 Å². The topological polar surface area (TPSA) is 42.0 Å².